The molecule has 0 unspecified atom stereocenters. The van der Waals surface area contributed by atoms with Gasteiger partial charge in [-0.25, -0.2) is 0 Å². The Bertz CT molecular complexity index is 416. The zero-order chi connectivity index (χ0) is 12.7. The highest BCUT2D eigenvalue weighted by Crippen LogP contribution is 2.33. The van der Waals surface area contributed by atoms with Crippen molar-refractivity contribution >= 4 is 15.9 Å². The molecule has 0 fully saturated rings. The third-order valence-corrected chi connectivity index (χ3v) is 3.02. The second-order valence-electron chi connectivity index (χ2n) is 3.38. The lowest BCUT2D eigenvalue weighted by atomic mass is 10.2. The SMILES string of the molecule is COc1cc(Br)c(CNCCC#N)cc1OC. The molecule has 5 heteroatoms. The maximum atomic E-state index is 8.43. The highest BCUT2D eigenvalue weighted by molar-refractivity contribution is 9.10. The molecule has 0 saturated heterocycles. The minimum absolute atomic E-state index is 0.505. The van der Waals surface area contributed by atoms with Crippen LogP contribution in [0, 0.1) is 11.3 Å². The quantitative estimate of drug-likeness (QED) is 0.820. The monoisotopic (exact) mass is 298 g/mol. The summed E-state index contributed by atoms with van der Waals surface area (Å²) in [7, 11) is 3.22. The van der Waals surface area contributed by atoms with E-state index in [1.54, 1.807) is 14.2 Å². The number of nitriles is 1. The van der Waals surface area contributed by atoms with Gasteiger partial charge in [-0.3, -0.25) is 0 Å². The van der Waals surface area contributed by atoms with Crippen LogP contribution in [-0.4, -0.2) is 20.8 Å². The topological polar surface area (TPSA) is 54.3 Å². The summed E-state index contributed by atoms with van der Waals surface area (Å²) in [6.45, 7) is 1.36. The van der Waals surface area contributed by atoms with E-state index in [1.165, 1.54) is 0 Å². The third kappa shape index (κ3) is 3.91. The summed E-state index contributed by atoms with van der Waals surface area (Å²) in [6.07, 6.45) is 0.505. The second kappa shape index (κ2) is 7.15. The molecular weight excluding hydrogens is 284 g/mol. The minimum atomic E-state index is 0.505. The molecule has 0 heterocycles. The number of rotatable bonds is 6. The molecule has 0 aliphatic carbocycles. The van der Waals surface area contributed by atoms with Crippen molar-refractivity contribution in [1.82, 2.24) is 5.32 Å². The molecule has 1 N–H and O–H groups in total. The predicted molar refractivity (Wildman–Crippen MR) is 69.2 cm³/mol. The maximum Gasteiger partial charge on any atom is 0.161 e. The lowest BCUT2D eigenvalue weighted by molar-refractivity contribution is 0.354. The Labute approximate surface area is 110 Å². The first-order chi connectivity index (χ1) is 8.22. The van der Waals surface area contributed by atoms with Crippen molar-refractivity contribution in [3.63, 3.8) is 0 Å². The molecule has 0 amide bonds. The Kier molecular flexibility index (Phi) is 5.81. The molecule has 0 aliphatic rings. The van der Waals surface area contributed by atoms with Crippen LogP contribution < -0.4 is 14.8 Å². The number of nitrogens with one attached hydrogen (secondary N) is 1. The molecule has 92 valence electrons. The smallest absolute Gasteiger partial charge is 0.161 e. The summed E-state index contributed by atoms with van der Waals surface area (Å²) in [5, 5.41) is 11.6. The van der Waals surface area contributed by atoms with Crippen molar-refractivity contribution in [3.8, 4) is 17.6 Å². The fourth-order valence-corrected chi connectivity index (χ4v) is 1.86. The van der Waals surface area contributed by atoms with E-state index in [1.807, 2.05) is 12.1 Å². The van der Waals surface area contributed by atoms with Crippen LogP contribution in [0.4, 0.5) is 0 Å². The van der Waals surface area contributed by atoms with E-state index in [9.17, 15) is 0 Å². The van der Waals surface area contributed by atoms with Gasteiger partial charge in [-0.1, -0.05) is 15.9 Å². The Morgan fingerprint density at radius 2 is 1.94 bits per heavy atom. The van der Waals surface area contributed by atoms with Crippen molar-refractivity contribution in [2.24, 2.45) is 0 Å². The van der Waals surface area contributed by atoms with Gasteiger partial charge < -0.3 is 14.8 Å². The molecule has 17 heavy (non-hydrogen) atoms. The molecule has 1 rings (SSSR count). The molecule has 0 atom stereocenters. The first-order valence-corrected chi connectivity index (χ1v) is 6.00. The number of halogens is 1. The lowest BCUT2D eigenvalue weighted by Gasteiger charge is -2.12. The van der Waals surface area contributed by atoms with E-state index in [-0.39, 0.29) is 0 Å². The second-order valence-corrected chi connectivity index (χ2v) is 4.24. The van der Waals surface area contributed by atoms with E-state index in [2.05, 4.69) is 27.3 Å². The van der Waals surface area contributed by atoms with Crippen LogP contribution in [-0.2, 0) is 6.54 Å². The van der Waals surface area contributed by atoms with Gasteiger partial charge in [0.25, 0.3) is 0 Å². The molecule has 4 nitrogen and oxygen atoms in total. The average molecular weight is 299 g/mol. The largest absolute Gasteiger partial charge is 0.493 e. The summed E-state index contributed by atoms with van der Waals surface area (Å²) < 4.78 is 11.4. The van der Waals surface area contributed by atoms with Gasteiger partial charge in [-0.15, -0.1) is 0 Å². The van der Waals surface area contributed by atoms with E-state index < -0.39 is 0 Å². The van der Waals surface area contributed by atoms with Gasteiger partial charge in [0.15, 0.2) is 11.5 Å². The van der Waals surface area contributed by atoms with Gasteiger partial charge in [0, 0.05) is 24.0 Å². The predicted octanol–water partition coefficient (Wildman–Crippen LogP) is 2.47. The van der Waals surface area contributed by atoms with E-state index in [0.29, 0.717) is 31.0 Å². The number of methoxy groups -OCH3 is 2. The summed E-state index contributed by atoms with van der Waals surface area (Å²) >= 11 is 3.48. The van der Waals surface area contributed by atoms with E-state index >= 15 is 0 Å². The number of hydrogen-bond acceptors (Lipinski definition) is 4. The number of nitrogens with zero attached hydrogens (tertiary/aromatic N) is 1. The zero-order valence-corrected chi connectivity index (χ0v) is 11.5. The maximum absolute atomic E-state index is 8.43. The molecular formula is C12H15BrN2O2. The normalized spacial score (nSPS) is 9.76. The van der Waals surface area contributed by atoms with Gasteiger partial charge in [0.1, 0.15) is 0 Å². The van der Waals surface area contributed by atoms with Gasteiger partial charge in [0.2, 0.25) is 0 Å². The summed E-state index contributed by atoms with van der Waals surface area (Å²) in [4.78, 5) is 0. The minimum Gasteiger partial charge on any atom is -0.493 e. The van der Waals surface area contributed by atoms with Crippen molar-refractivity contribution in [3.05, 3.63) is 22.2 Å². The van der Waals surface area contributed by atoms with Gasteiger partial charge >= 0.3 is 0 Å². The van der Waals surface area contributed by atoms with Gasteiger partial charge in [0.05, 0.1) is 20.3 Å². The van der Waals surface area contributed by atoms with Crippen LogP contribution in [0.1, 0.15) is 12.0 Å². The highest BCUT2D eigenvalue weighted by atomic mass is 79.9. The van der Waals surface area contributed by atoms with Crippen molar-refractivity contribution in [2.45, 2.75) is 13.0 Å². The summed E-state index contributed by atoms with van der Waals surface area (Å²) in [6, 6.07) is 5.88. The molecule has 0 bridgehead atoms. The number of ether oxygens (including phenoxy) is 2. The van der Waals surface area contributed by atoms with E-state index in [4.69, 9.17) is 14.7 Å². The Balaban J connectivity index is 2.75. The van der Waals surface area contributed by atoms with E-state index in [0.717, 1.165) is 10.0 Å². The average Bonchev–Trinajstić information content (AvgIpc) is 2.35. The van der Waals surface area contributed by atoms with Crippen molar-refractivity contribution < 1.29 is 9.47 Å². The Hall–Kier alpha value is -1.25. The van der Waals surface area contributed by atoms with Crippen LogP contribution in [0.5, 0.6) is 11.5 Å². The van der Waals surface area contributed by atoms with Gasteiger partial charge in [-0.2, -0.15) is 5.26 Å². The molecule has 0 saturated carbocycles. The number of benzene rings is 1. The zero-order valence-electron chi connectivity index (χ0n) is 9.92. The molecule has 0 aliphatic heterocycles. The standard InChI is InChI=1S/C12H15BrN2O2/c1-16-11-6-9(8-15-5-3-4-14)10(13)7-12(11)17-2/h6-7,15H,3,5,8H2,1-2H3. The van der Waals surface area contributed by atoms with Crippen LogP contribution in [0.3, 0.4) is 0 Å². The summed E-state index contributed by atoms with van der Waals surface area (Å²) in [5.74, 6) is 1.40. The molecule has 0 radical (unpaired) electrons. The van der Waals surface area contributed by atoms with Crippen molar-refractivity contribution in [1.29, 1.82) is 5.26 Å². The molecule has 0 spiro atoms. The summed E-state index contributed by atoms with van der Waals surface area (Å²) in [5.41, 5.74) is 1.07. The fraction of sp³-hybridized carbons (Fsp3) is 0.417. The van der Waals surface area contributed by atoms with Crippen molar-refractivity contribution in [2.75, 3.05) is 20.8 Å². The van der Waals surface area contributed by atoms with Crippen LogP contribution in [0.15, 0.2) is 16.6 Å². The number of hydrogen-bond donors (Lipinski definition) is 1. The first-order valence-electron chi connectivity index (χ1n) is 5.21. The molecule has 0 aromatic heterocycles. The lowest BCUT2D eigenvalue weighted by Crippen LogP contribution is -2.14. The van der Waals surface area contributed by atoms with Crippen LogP contribution >= 0.6 is 15.9 Å². The van der Waals surface area contributed by atoms with Gasteiger partial charge in [-0.05, 0) is 17.7 Å². The van der Waals surface area contributed by atoms with Crippen LogP contribution in [0.2, 0.25) is 0 Å². The highest BCUT2D eigenvalue weighted by Gasteiger charge is 2.08. The van der Waals surface area contributed by atoms with Crippen LogP contribution in [0.25, 0.3) is 0 Å². The Morgan fingerprint density at radius 1 is 1.29 bits per heavy atom. The molecule has 1 aromatic rings. The Morgan fingerprint density at radius 3 is 2.53 bits per heavy atom. The third-order valence-electron chi connectivity index (χ3n) is 2.28. The first kappa shape index (κ1) is 13.8. The fourth-order valence-electron chi connectivity index (χ4n) is 1.40. The molecule has 1 aromatic carbocycles.